The Hall–Kier alpha value is -2.67. The number of aryl methyl sites for hydroxylation is 1. The summed E-state index contributed by atoms with van der Waals surface area (Å²) in [5.41, 5.74) is 4.82. The van der Waals surface area contributed by atoms with Crippen LogP contribution in [-0.2, 0) is 0 Å². The monoisotopic (exact) mass is 285 g/mol. The summed E-state index contributed by atoms with van der Waals surface area (Å²) in [6, 6.07) is 29.2. The van der Waals surface area contributed by atoms with Crippen LogP contribution in [0.15, 0.2) is 89.9 Å². The quantitative estimate of drug-likeness (QED) is 0.584. The van der Waals surface area contributed by atoms with Crippen molar-refractivity contribution in [2.24, 2.45) is 4.99 Å². The van der Waals surface area contributed by atoms with Crippen LogP contribution in [-0.4, -0.2) is 6.21 Å². The van der Waals surface area contributed by atoms with E-state index in [-0.39, 0.29) is 6.04 Å². The van der Waals surface area contributed by atoms with Gasteiger partial charge in [0.25, 0.3) is 0 Å². The van der Waals surface area contributed by atoms with Crippen LogP contribution in [0.3, 0.4) is 0 Å². The first kappa shape index (κ1) is 14.3. The average Bonchev–Trinajstić information content (AvgIpc) is 2.59. The second kappa shape index (κ2) is 6.86. The Morgan fingerprint density at radius 2 is 1.18 bits per heavy atom. The van der Waals surface area contributed by atoms with Gasteiger partial charge in [-0.25, -0.2) is 0 Å². The maximum absolute atomic E-state index is 4.87. The van der Waals surface area contributed by atoms with Gasteiger partial charge in [-0.15, -0.1) is 0 Å². The third-order valence-electron chi connectivity index (χ3n) is 3.78. The van der Waals surface area contributed by atoms with Crippen LogP contribution in [0.25, 0.3) is 0 Å². The summed E-state index contributed by atoms with van der Waals surface area (Å²) >= 11 is 0. The van der Waals surface area contributed by atoms with Crippen molar-refractivity contribution in [3.8, 4) is 0 Å². The first-order valence-electron chi connectivity index (χ1n) is 7.53. The summed E-state index contributed by atoms with van der Waals surface area (Å²) in [5.74, 6) is 0. The Bertz CT molecular complexity index is 706. The minimum absolute atomic E-state index is 0.0296. The van der Waals surface area contributed by atoms with Gasteiger partial charge in [-0.1, -0.05) is 84.9 Å². The van der Waals surface area contributed by atoms with Crippen LogP contribution in [0.5, 0.6) is 0 Å². The van der Waals surface area contributed by atoms with Crippen molar-refractivity contribution in [3.05, 3.63) is 107 Å². The Balaban J connectivity index is 1.98. The normalized spacial score (nSPS) is 11.2. The fourth-order valence-electron chi connectivity index (χ4n) is 2.52. The van der Waals surface area contributed by atoms with Gasteiger partial charge in [0.1, 0.15) is 0 Å². The van der Waals surface area contributed by atoms with Gasteiger partial charge in [-0.2, -0.15) is 0 Å². The molecular weight excluding hydrogens is 266 g/mol. The van der Waals surface area contributed by atoms with Crippen LogP contribution in [0.4, 0.5) is 0 Å². The fourth-order valence-corrected chi connectivity index (χ4v) is 2.52. The highest BCUT2D eigenvalue weighted by atomic mass is 14.8. The van der Waals surface area contributed by atoms with E-state index in [0.29, 0.717) is 0 Å². The molecule has 108 valence electrons. The Morgan fingerprint density at radius 1 is 0.682 bits per heavy atom. The van der Waals surface area contributed by atoms with Gasteiger partial charge in [-0.3, -0.25) is 4.99 Å². The van der Waals surface area contributed by atoms with Gasteiger partial charge in [0.2, 0.25) is 0 Å². The third kappa shape index (κ3) is 3.32. The zero-order valence-electron chi connectivity index (χ0n) is 12.7. The zero-order chi connectivity index (χ0) is 15.2. The highest BCUT2D eigenvalue weighted by molar-refractivity contribution is 5.81. The molecular formula is C21H19N. The molecule has 3 aromatic carbocycles. The van der Waals surface area contributed by atoms with Crippen LogP contribution in [0.1, 0.15) is 28.3 Å². The highest BCUT2D eigenvalue weighted by Gasteiger charge is 2.11. The number of benzene rings is 3. The zero-order valence-corrected chi connectivity index (χ0v) is 12.7. The molecule has 0 aromatic heterocycles. The van der Waals surface area contributed by atoms with Crippen molar-refractivity contribution in [1.29, 1.82) is 0 Å². The molecule has 0 atom stereocenters. The number of nitrogens with zero attached hydrogens (tertiary/aromatic N) is 1. The maximum atomic E-state index is 4.87. The van der Waals surface area contributed by atoms with Crippen molar-refractivity contribution in [3.63, 3.8) is 0 Å². The van der Waals surface area contributed by atoms with E-state index in [1.807, 2.05) is 24.4 Å². The molecule has 1 heteroatoms. The minimum Gasteiger partial charge on any atom is -0.280 e. The topological polar surface area (TPSA) is 12.4 Å². The molecule has 0 aliphatic heterocycles. The third-order valence-corrected chi connectivity index (χ3v) is 3.78. The highest BCUT2D eigenvalue weighted by Crippen LogP contribution is 2.25. The molecule has 1 nitrogen and oxygen atoms in total. The number of aliphatic imine (C=N–C) groups is 1. The minimum atomic E-state index is 0.0296. The second-order valence-corrected chi connectivity index (χ2v) is 5.36. The van der Waals surface area contributed by atoms with E-state index >= 15 is 0 Å². The molecule has 0 aliphatic carbocycles. The Morgan fingerprint density at radius 3 is 1.73 bits per heavy atom. The smallest absolute Gasteiger partial charge is 0.0999 e. The van der Waals surface area contributed by atoms with Crippen molar-refractivity contribution in [2.45, 2.75) is 13.0 Å². The van der Waals surface area contributed by atoms with E-state index in [1.54, 1.807) is 0 Å². The molecule has 0 spiro atoms. The maximum Gasteiger partial charge on any atom is 0.0999 e. The van der Waals surface area contributed by atoms with Gasteiger partial charge in [-0.05, 0) is 29.2 Å². The Labute approximate surface area is 132 Å². The van der Waals surface area contributed by atoms with Crippen molar-refractivity contribution < 1.29 is 0 Å². The van der Waals surface area contributed by atoms with Crippen LogP contribution < -0.4 is 0 Å². The Kier molecular flexibility index (Phi) is 4.45. The lowest BCUT2D eigenvalue weighted by Crippen LogP contribution is -1.99. The van der Waals surface area contributed by atoms with Gasteiger partial charge in [0.15, 0.2) is 0 Å². The molecule has 0 fully saturated rings. The summed E-state index contributed by atoms with van der Waals surface area (Å²) in [6.45, 7) is 2.11. The molecule has 3 aromatic rings. The lowest BCUT2D eigenvalue weighted by atomic mass is 9.99. The first-order valence-corrected chi connectivity index (χ1v) is 7.53. The van der Waals surface area contributed by atoms with Crippen LogP contribution in [0, 0.1) is 6.92 Å². The fraction of sp³-hybridized carbons (Fsp3) is 0.0952. The predicted molar refractivity (Wildman–Crippen MR) is 93.5 cm³/mol. The summed E-state index contributed by atoms with van der Waals surface area (Å²) in [4.78, 5) is 4.87. The second-order valence-electron chi connectivity index (χ2n) is 5.36. The number of hydrogen-bond acceptors (Lipinski definition) is 1. The lowest BCUT2D eigenvalue weighted by molar-refractivity contribution is 0.878. The molecule has 0 amide bonds. The molecule has 0 N–H and O–H groups in total. The summed E-state index contributed by atoms with van der Waals surface area (Å²) in [6.07, 6.45) is 1.99. The van der Waals surface area contributed by atoms with Crippen LogP contribution in [0.2, 0.25) is 0 Å². The van der Waals surface area contributed by atoms with Gasteiger partial charge in [0, 0.05) is 6.21 Å². The van der Waals surface area contributed by atoms with E-state index in [9.17, 15) is 0 Å². The molecule has 0 saturated carbocycles. The molecule has 3 rings (SSSR count). The SMILES string of the molecule is Cc1ccccc1C=NC(c1ccccc1)c1ccccc1. The van der Waals surface area contributed by atoms with Crippen molar-refractivity contribution in [2.75, 3.05) is 0 Å². The summed E-state index contributed by atoms with van der Waals surface area (Å²) in [5, 5.41) is 0. The largest absolute Gasteiger partial charge is 0.280 e. The first-order chi connectivity index (χ1) is 10.8. The molecule has 0 unspecified atom stereocenters. The summed E-state index contributed by atoms with van der Waals surface area (Å²) < 4.78 is 0. The van der Waals surface area contributed by atoms with Gasteiger partial charge < -0.3 is 0 Å². The van der Waals surface area contributed by atoms with Gasteiger partial charge >= 0.3 is 0 Å². The number of rotatable bonds is 4. The van der Waals surface area contributed by atoms with E-state index in [4.69, 9.17) is 4.99 Å². The van der Waals surface area contributed by atoms with E-state index < -0.39 is 0 Å². The molecule has 0 saturated heterocycles. The molecule has 0 bridgehead atoms. The molecule has 0 radical (unpaired) electrons. The summed E-state index contributed by atoms with van der Waals surface area (Å²) in [7, 11) is 0. The van der Waals surface area contributed by atoms with Gasteiger partial charge in [0.05, 0.1) is 6.04 Å². The van der Waals surface area contributed by atoms with Crippen molar-refractivity contribution >= 4 is 6.21 Å². The molecule has 22 heavy (non-hydrogen) atoms. The van der Waals surface area contributed by atoms with E-state index in [2.05, 4.69) is 73.7 Å². The standard InChI is InChI=1S/C21H19N/c1-17-10-8-9-15-20(17)16-22-21(18-11-4-2-5-12-18)19-13-6-3-7-14-19/h2-16,21H,1H3. The van der Waals surface area contributed by atoms with Crippen LogP contribution >= 0.6 is 0 Å². The molecule has 0 aliphatic rings. The number of hydrogen-bond donors (Lipinski definition) is 0. The molecule has 0 heterocycles. The van der Waals surface area contributed by atoms with Crippen molar-refractivity contribution in [1.82, 2.24) is 0 Å². The predicted octanol–water partition coefficient (Wildman–Crippen LogP) is 5.20. The average molecular weight is 285 g/mol. The lowest BCUT2D eigenvalue weighted by Gasteiger charge is -2.13. The van der Waals surface area contributed by atoms with E-state index in [0.717, 1.165) is 0 Å². The van der Waals surface area contributed by atoms with E-state index in [1.165, 1.54) is 22.3 Å².